The van der Waals surface area contributed by atoms with Crippen LogP contribution in [0.2, 0.25) is 10.0 Å². The minimum absolute atomic E-state index is 0.289. The predicted octanol–water partition coefficient (Wildman–Crippen LogP) is 3.40. The van der Waals surface area contributed by atoms with Crippen LogP contribution >= 0.6 is 23.2 Å². The highest BCUT2D eigenvalue weighted by atomic mass is 35.5. The maximum absolute atomic E-state index is 12.9. The fourth-order valence-electron chi connectivity index (χ4n) is 3.33. The second kappa shape index (κ2) is 8.01. The molecule has 2 aromatic heterocycles. The van der Waals surface area contributed by atoms with Gasteiger partial charge in [0.25, 0.3) is 5.56 Å². The van der Waals surface area contributed by atoms with E-state index >= 15 is 0 Å². The van der Waals surface area contributed by atoms with E-state index in [1.807, 2.05) is 36.4 Å². The van der Waals surface area contributed by atoms with Gasteiger partial charge in [-0.15, -0.1) is 0 Å². The number of nitrogens with one attached hydrogen (secondary N) is 1. The third-order valence-electron chi connectivity index (χ3n) is 4.98. The molecular weight excluding hydrogens is 425 g/mol. The number of hydrogen-bond donors (Lipinski definition) is 1. The molecule has 0 radical (unpaired) electrons. The highest BCUT2D eigenvalue weighted by molar-refractivity contribution is 6.35. The molecule has 7 nitrogen and oxygen atoms in total. The first-order valence-electron chi connectivity index (χ1n) is 9.25. The van der Waals surface area contributed by atoms with Gasteiger partial charge in [0.1, 0.15) is 0 Å². The smallest absolute Gasteiger partial charge is 0.332 e. The molecule has 0 aliphatic rings. The van der Waals surface area contributed by atoms with Gasteiger partial charge in [0.15, 0.2) is 11.2 Å². The van der Waals surface area contributed by atoms with Crippen molar-refractivity contribution in [2.75, 3.05) is 5.32 Å². The van der Waals surface area contributed by atoms with Crippen LogP contribution in [0.3, 0.4) is 0 Å². The average Bonchev–Trinajstić information content (AvgIpc) is 3.10. The Labute approximate surface area is 182 Å². The first-order valence-corrected chi connectivity index (χ1v) is 10.0. The zero-order valence-corrected chi connectivity index (χ0v) is 17.9. The lowest BCUT2D eigenvalue weighted by molar-refractivity contribution is 0.702. The summed E-state index contributed by atoms with van der Waals surface area (Å²) in [5.74, 6) is 0.471. The van der Waals surface area contributed by atoms with E-state index in [-0.39, 0.29) is 6.54 Å². The van der Waals surface area contributed by atoms with Crippen LogP contribution in [0.25, 0.3) is 11.2 Å². The molecule has 0 aliphatic carbocycles. The van der Waals surface area contributed by atoms with Gasteiger partial charge in [-0.2, -0.15) is 4.98 Å². The molecule has 0 unspecified atom stereocenters. The Bertz CT molecular complexity index is 1360. The summed E-state index contributed by atoms with van der Waals surface area (Å²) >= 11 is 12.4. The van der Waals surface area contributed by atoms with Gasteiger partial charge in [0.2, 0.25) is 5.95 Å². The Hall–Kier alpha value is -3.03. The summed E-state index contributed by atoms with van der Waals surface area (Å²) in [5, 5.41) is 4.30. The third kappa shape index (κ3) is 3.62. The minimum atomic E-state index is -0.434. The van der Waals surface area contributed by atoms with E-state index in [1.165, 1.54) is 11.6 Å². The van der Waals surface area contributed by atoms with Crippen molar-refractivity contribution in [3.05, 3.63) is 90.5 Å². The van der Waals surface area contributed by atoms with Crippen molar-refractivity contribution in [1.82, 2.24) is 18.7 Å². The van der Waals surface area contributed by atoms with Crippen LogP contribution in [0.15, 0.2) is 58.1 Å². The van der Waals surface area contributed by atoms with Crippen LogP contribution in [0, 0.1) is 0 Å². The molecule has 0 saturated heterocycles. The zero-order valence-electron chi connectivity index (χ0n) is 16.4. The third-order valence-corrected chi connectivity index (χ3v) is 5.57. The standard InChI is InChI=1S/C21H19Cl2N5O2/c1-26-18-17(19(29)27(2)21(26)30)28(12-14-8-9-15(22)10-16(14)23)20(25-18)24-11-13-6-4-3-5-7-13/h3-10H,11-12H2,1-2H3,(H,24,25). The highest BCUT2D eigenvalue weighted by Crippen LogP contribution is 2.25. The maximum Gasteiger partial charge on any atom is 0.332 e. The molecule has 0 spiro atoms. The maximum atomic E-state index is 12.9. The van der Waals surface area contributed by atoms with Gasteiger partial charge in [-0.3, -0.25) is 18.5 Å². The summed E-state index contributed by atoms with van der Waals surface area (Å²) in [6, 6.07) is 15.0. The molecule has 154 valence electrons. The van der Waals surface area contributed by atoms with Crippen LogP contribution in [0.4, 0.5) is 5.95 Å². The summed E-state index contributed by atoms with van der Waals surface area (Å²) in [7, 11) is 3.05. The number of rotatable bonds is 5. The van der Waals surface area contributed by atoms with Gasteiger partial charge in [-0.1, -0.05) is 59.6 Å². The van der Waals surface area contributed by atoms with Crippen molar-refractivity contribution in [2.45, 2.75) is 13.1 Å². The van der Waals surface area contributed by atoms with Crippen LogP contribution < -0.4 is 16.6 Å². The van der Waals surface area contributed by atoms with Gasteiger partial charge in [0, 0.05) is 30.7 Å². The molecule has 9 heteroatoms. The lowest BCUT2D eigenvalue weighted by Gasteiger charge is -2.12. The number of benzene rings is 2. The molecular formula is C21H19Cl2N5O2. The quantitative estimate of drug-likeness (QED) is 0.512. The Morgan fingerprint density at radius 1 is 1.00 bits per heavy atom. The molecule has 0 aliphatic heterocycles. The highest BCUT2D eigenvalue weighted by Gasteiger charge is 2.20. The second-order valence-electron chi connectivity index (χ2n) is 6.97. The van der Waals surface area contributed by atoms with Crippen molar-refractivity contribution in [3.8, 4) is 0 Å². The molecule has 2 aromatic carbocycles. The zero-order chi connectivity index (χ0) is 21.4. The lowest BCUT2D eigenvalue weighted by Crippen LogP contribution is -2.37. The van der Waals surface area contributed by atoms with E-state index in [0.717, 1.165) is 15.7 Å². The Balaban J connectivity index is 1.87. The number of aromatic nitrogens is 4. The number of anilines is 1. The first kappa shape index (κ1) is 20.3. The van der Waals surface area contributed by atoms with Crippen LogP contribution in [-0.4, -0.2) is 18.7 Å². The molecule has 30 heavy (non-hydrogen) atoms. The second-order valence-corrected chi connectivity index (χ2v) is 7.82. The van der Waals surface area contributed by atoms with E-state index in [2.05, 4.69) is 10.3 Å². The molecule has 4 aromatic rings. The number of aryl methyl sites for hydroxylation is 1. The molecule has 0 amide bonds. The topological polar surface area (TPSA) is 73.8 Å². The molecule has 4 rings (SSSR count). The van der Waals surface area contributed by atoms with Crippen molar-refractivity contribution in [1.29, 1.82) is 0 Å². The largest absolute Gasteiger partial charge is 0.351 e. The number of halogens is 2. The predicted molar refractivity (Wildman–Crippen MR) is 120 cm³/mol. The first-order chi connectivity index (χ1) is 14.4. The fourth-order valence-corrected chi connectivity index (χ4v) is 3.80. The summed E-state index contributed by atoms with van der Waals surface area (Å²) in [6.07, 6.45) is 0. The average molecular weight is 444 g/mol. The van der Waals surface area contributed by atoms with E-state index in [9.17, 15) is 9.59 Å². The molecule has 0 saturated carbocycles. The van der Waals surface area contributed by atoms with Crippen molar-refractivity contribution >= 4 is 40.3 Å². The van der Waals surface area contributed by atoms with Crippen LogP contribution in [0.5, 0.6) is 0 Å². The van der Waals surface area contributed by atoms with E-state index < -0.39 is 11.2 Å². The van der Waals surface area contributed by atoms with E-state index in [1.54, 1.807) is 23.7 Å². The minimum Gasteiger partial charge on any atom is -0.351 e. The van der Waals surface area contributed by atoms with Gasteiger partial charge in [-0.05, 0) is 23.3 Å². The lowest BCUT2D eigenvalue weighted by atomic mass is 10.2. The van der Waals surface area contributed by atoms with Crippen LogP contribution in [0.1, 0.15) is 11.1 Å². The molecule has 1 N–H and O–H groups in total. The van der Waals surface area contributed by atoms with E-state index in [4.69, 9.17) is 23.2 Å². The number of imidazole rings is 1. The van der Waals surface area contributed by atoms with Crippen molar-refractivity contribution in [2.24, 2.45) is 14.1 Å². The van der Waals surface area contributed by atoms with E-state index in [0.29, 0.717) is 33.7 Å². The molecule has 0 fully saturated rings. The number of hydrogen-bond acceptors (Lipinski definition) is 4. The Morgan fingerprint density at radius 3 is 2.43 bits per heavy atom. The molecule has 0 atom stereocenters. The summed E-state index contributed by atoms with van der Waals surface area (Å²) in [4.78, 5) is 29.9. The fraction of sp³-hybridized carbons (Fsp3) is 0.190. The molecule has 0 bridgehead atoms. The monoisotopic (exact) mass is 443 g/mol. The SMILES string of the molecule is Cn1c(=O)c2c(nc(NCc3ccccc3)n2Cc2ccc(Cl)cc2Cl)n(C)c1=O. The normalized spacial score (nSPS) is 11.2. The van der Waals surface area contributed by atoms with Crippen LogP contribution in [-0.2, 0) is 27.2 Å². The van der Waals surface area contributed by atoms with Gasteiger partial charge in [0.05, 0.1) is 6.54 Å². The Morgan fingerprint density at radius 2 is 1.73 bits per heavy atom. The van der Waals surface area contributed by atoms with Crippen molar-refractivity contribution < 1.29 is 0 Å². The molecule has 2 heterocycles. The van der Waals surface area contributed by atoms with Gasteiger partial charge >= 0.3 is 5.69 Å². The summed E-state index contributed by atoms with van der Waals surface area (Å²) in [5.41, 5.74) is 1.61. The summed E-state index contributed by atoms with van der Waals surface area (Å²) in [6.45, 7) is 0.795. The van der Waals surface area contributed by atoms with Crippen molar-refractivity contribution in [3.63, 3.8) is 0 Å². The number of fused-ring (bicyclic) bond motifs is 1. The summed E-state index contributed by atoms with van der Waals surface area (Å²) < 4.78 is 4.19. The van der Waals surface area contributed by atoms with Gasteiger partial charge < -0.3 is 5.32 Å². The van der Waals surface area contributed by atoms with Gasteiger partial charge in [-0.25, -0.2) is 4.79 Å². The Kier molecular flexibility index (Phi) is 5.40. The number of nitrogens with zero attached hydrogens (tertiary/aromatic N) is 4.